The zero-order valence-electron chi connectivity index (χ0n) is 6.83. The summed E-state index contributed by atoms with van der Waals surface area (Å²) in [6.07, 6.45) is 1.56. The zero-order valence-corrected chi connectivity index (χ0v) is 6.83. The van der Waals surface area contributed by atoms with E-state index in [1.165, 1.54) is 6.07 Å². The van der Waals surface area contributed by atoms with Crippen LogP contribution < -0.4 is 5.73 Å². The largest absolute Gasteiger partial charge is 0.464 e. The van der Waals surface area contributed by atoms with Gasteiger partial charge < -0.3 is 10.2 Å². The summed E-state index contributed by atoms with van der Waals surface area (Å²) in [6.45, 7) is 0. The topological polar surface area (TPSA) is 39.2 Å². The molecule has 0 unspecified atom stereocenters. The Labute approximate surface area is 74.8 Å². The van der Waals surface area contributed by atoms with Gasteiger partial charge in [-0.3, -0.25) is 0 Å². The second-order valence-electron chi connectivity index (χ2n) is 2.71. The molecule has 2 aromatic rings. The Morgan fingerprint density at radius 2 is 2.08 bits per heavy atom. The molecule has 1 heterocycles. The number of anilines is 1. The third-order valence-electron chi connectivity index (χ3n) is 1.80. The molecule has 0 atom stereocenters. The van der Waals surface area contributed by atoms with Gasteiger partial charge in [-0.2, -0.15) is 0 Å². The number of rotatable bonds is 1. The van der Waals surface area contributed by atoms with Crippen LogP contribution in [-0.4, -0.2) is 0 Å². The number of hydrogen-bond donors (Lipinski definition) is 1. The molecule has 1 aromatic carbocycles. The van der Waals surface area contributed by atoms with E-state index in [4.69, 9.17) is 10.2 Å². The Kier molecular flexibility index (Phi) is 1.77. The van der Waals surface area contributed by atoms with E-state index in [1.54, 1.807) is 30.5 Å². The summed E-state index contributed by atoms with van der Waals surface area (Å²) in [6, 6.07) is 8.08. The number of nitrogen functional groups attached to an aromatic ring is 1. The van der Waals surface area contributed by atoms with Crippen LogP contribution in [0.4, 0.5) is 10.1 Å². The highest BCUT2D eigenvalue weighted by molar-refractivity contribution is 5.62. The first-order chi connectivity index (χ1) is 6.27. The summed E-state index contributed by atoms with van der Waals surface area (Å²) in [7, 11) is 0. The lowest BCUT2D eigenvalue weighted by Gasteiger charge is -1.99. The summed E-state index contributed by atoms with van der Waals surface area (Å²) in [5, 5.41) is 0. The molecule has 0 radical (unpaired) electrons. The van der Waals surface area contributed by atoms with Gasteiger partial charge in [-0.15, -0.1) is 0 Å². The Balaban J connectivity index is 2.49. The van der Waals surface area contributed by atoms with Gasteiger partial charge in [0, 0.05) is 5.56 Å². The molecule has 0 amide bonds. The Bertz CT molecular complexity index is 409. The van der Waals surface area contributed by atoms with Crippen molar-refractivity contribution in [2.45, 2.75) is 0 Å². The predicted molar refractivity (Wildman–Crippen MR) is 48.5 cm³/mol. The highest BCUT2D eigenvalue weighted by Gasteiger charge is 2.03. The van der Waals surface area contributed by atoms with E-state index in [2.05, 4.69) is 0 Å². The van der Waals surface area contributed by atoms with E-state index in [0.29, 0.717) is 5.76 Å². The molecule has 0 saturated heterocycles. The quantitative estimate of drug-likeness (QED) is 0.680. The molecule has 3 heteroatoms. The van der Waals surface area contributed by atoms with Crippen LogP contribution in [0.3, 0.4) is 0 Å². The Morgan fingerprint density at radius 3 is 2.69 bits per heavy atom. The predicted octanol–water partition coefficient (Wildman–Crippen LogP) is 2.67. The first-order valence-electron chi connectivity index (χ1n) is 3.86. The maximum absolute atomic E-state index is 12.8. The minimum Gasteiger partial charge on any atom is -0.464 e. The fraction of sp³-hybridized carbons (Fsp3) is 0. The van der Waals surface area contributed by atoms with Crippen LogP contribution >= 0.6 is 0 Å². The van der Waals surface area contributed by atoms with Crippen molar-refractivity contribution < 1.29 is 8.81 Å². The second kappa shape index (κ2) is 2.94. The van der Waals surface area contributed by atoms with Gasteiger partial charge in [0.05, 0.1) is 12.0 Å². The third-order valence-corrected chi connectivity index (χ3v) is 1.80. The van der Waals surface area contributed by atoms with Gasteiger partial charge in [-0.25, -0.2) is 4.39 Å². The van der Waals surface area contributed by atoms with Crippen molar-refractivity contribution in [3.8, 4) is 11.3 Å². The number of furan rings is 1. The maximum Gasteiger partial charge on any atom is 0.146 e. The molecule has 1 aromatic heterocycles. The van der Waals surface area contributed by atoms with Crippen molar-refractivity contribution in [2.24, 2.45) is 0 Å². The van der Waals surface area contributed by atoms with Crippen LogP contribution in [-0.2, 0) is 0 Å². The van der Waals surface area contributed by atoms with Crippen LogP contribution in [0.15, 0.2) is 41.0 Å². The zero-order chi connectivity index (χ0) is 9.26. The molecule has 0 aliphatic carbocycles. The van der Waals surface area contributed by atoms with Crippen molar-refractivity contribution in [3.63, 3.8) is 0 Å². The SMILES string of the molecule is Nc1cc(-c2ccco2)ccc1F. The second-order valence-corrected chi connectivity index (χ2v) is 2.71. The number of hydrogen-bond acceptors (Lipinski definition) is 2. The van der Waals surface area contributed by atoms with Crippen LogP contribution in [0.1, 0.15) is 0 Å². The van der Waals surface area contributed by atoms with Crippen molar-refractivity contribution in [2.75, 3.05) is 5.73 Å². The molecule has 0 aliphatic heterocycles. The van der Waals surface area contributed by atoms with E-state index in [9.17, 15) is 4.39 Å². The Morgan fingerprint density at radius 1 is 1.23 bits per heavy atom. The number of benzene rings is 1. The first-order valence-corrected chi connectivity index (χ1v) is 3.86. The summed E-state index contributed by atoms with van der Waals surface area (Å²) < 4.78 is 17.9. The van der Waals surface area contributed by atoms with Crippen LogP contribution in [0, 0.1) is 5.82 Å². The fourth-order valence-electron chi connectivity index (χ4n) is 1.14. The van der Waals surface area contributed by atoms with Gasteiger partial charge in [0.1, 0.15) is 11.6 Å². The normalized spacial score (nSPS) is 10.2. The molecule has 2 N–H and O–H groups in total. The molecule has 13 heavy (non-hydrogen) atoms. The molecule has 0 bridgehead atoms. The standard InChI is InChI=1S/C10H8FNO/c11-8-4-3-7(6-9(8)12)10-2-1-5-13-10/h1-6H,12H2. The van der Waals surface area contributed by atoms with E-state index in [-0.39, 0.29) is 5.69 Å². The van der Waals surface area contributed by atoms with Crippen molar-refractivity contribution in [1.29, 1.82) is 0 Å². The molecule has 0 spiro atoms. The minimum absolute atomic E-state index is 0.133. The highest BCUT2D eigenvalue weighted by atomic mass is 19.1. The minimum atomic E-state index is -0.407. The summed E-state index contributed by atoms with van der Waals surface area (Å²) in [5.74, 6) is 0.280. The van der Waals surface area contributed by atoms with Gasteiger partial charge >= 0.3 is 0 Å². The van der Waals surface area contributed by atoms with Gasteiger partial charge in [-0.1, -0.05) is 0 Å². The van der Waals surface area contributed by atoms with Crippen LogP contribution in [0.25, 0.3) is 11.3 Å². The molecule has 0 saturated carbocycles. The molecule has 2 nitrogen and oxygen atoms in total. The van der Waals surface area contributed by atoms with Crippen LogP contribution in [0.5, 0.6) is 0 Å². The summed E-state index contributed by atoms with van der Waals surface area (Å²) >= 11 is 0. The van der Waals surface area contributed by atoms with Gasteiger partial charge in [-0.05, 0) is 30.3 Å². The fourth-order valence-corrected chi connectivity index (χ4v) is 1.14. The average Bonchev–Trinajstić information content (AvgIpc) is 2.62. The van der Waals surface area contributed by atoms with Crippen LogP contribution in [0.2, 0.25) is 0 Å². The van der Waals surface area contributed by atoms with E-state index in [0.717, 1.165) is 5.56 Å². The molecule has 0 fully saturated rings. The lowest BCUT2D eigenvalue weighted by Crippen LogP contribution is -1.89. The molecule has 66 valence electrons. The van der Waals surface area contributed by atoms with Crippen molar-refractivity contribution in [3.05, 3.63) is 42.4 Å². The lowest BCUT2D eigenvalue weighted by atomic mass is 10.1. The molecular weight excluding hydrogens is 169 g/mol. The third kappa shape index (κ3) is 1.40. The summed E-state index contributed by atoms with van der Waals surface area (Å²) in [5.41, 5.74) is 6.32. The van der Waals surface area contributed by atoms with E-state index in [1.807, 2.05) is 0 Å². The van der Waals surface area contributed by atoms with Crippen molar-refractivity contribution in [1.82, 2.24) is 0 Å². The maximum atomic E-state index is 12.8. The highest BCUT2D eigenvalue weighted by Crippen LogP contribution is 2.23. The monoisotopic (exact) mass is 177 g/mol. The number of halogens is 1. The van der Waals surface area contributed by atoms with Crippen molar-refractivity contribution >= 4 is 5.69 Å². The average molecular weight is 177 g/mol. The smallest absolute Gasteiger partial charge is 0.146 e. The van der Waals surface area contributed by atoms with Gasteiger partial charge in [0.25, 0.3) is 0 Å². The molecule has 0 aliphatic rings. The first kappa shape index (κ1) is 7.86. The van der Waals surface area contributed by atoms with Gasteiger partial charge in [0.2, 0.25) is 0 Å². The van der Waals surface area contributed by atoms with E-state index < -0.39 is 5.82 Å². The number of nitrogens with two attached hydrogens (primary N) is 1. The van der Waals surface area contributed by atoms with Gasteiger partial charge in [0.15, 0.2) is 0 Å². The Hall–Kier alpha value is -1.77. The van der Waals surface area contributed by atoms with E-state index >= 15 is 0 Å². The summed E-state index contributed by atoms with van der Waals surface area (Å²) in [4.78, 5) is 0. The lowest BCUT2D eigenvalue weighted by molar-refractivity contribution is 0.582. The molecular formula is C10H8FNO. The molecule has 2 rings (SSSR count).